The number of carbonyl (C=O) groups is 3. The smallest absolute Gasteiger partial charge is 0.234 e. The van der Waals surface area contributed by atoms with Crippen molar-refractivity contribution in [3.05, 3.63) is 83.4 Å². The highest BCUT2D eigenvalue weighted by molar-refractivity contribution is 8.01. The molecule has 0 fully saturated rings. The first kappa shape index (κ1) is 22.7. The summed E-state index contributed by atoms with van der Waals surface area (Å²) in [7, 11) is 0. The van der Waals surface area contributed by atoms with Crippen LogP contribution in [0.1, 0.15) is 23.0 Å². The van der Waals surface area contributed by atoms with Crippen molar-refractivity contribution in [2.45, 2.75) is 17.7 Å². The lowest BCUT2D eigenvalue weighted by atomic mass is 10.1. The molecule has 6 nitrogen and oxygen atoms in total. The van der Waals surface area contributed by atoms with Crippen LogP contribution in [-0.2, 0) is 16.0 Å². The summed E-state index contributed by atoms with van der Waals surface area (Å²) in [5.74, 6) is -0.0997. The van der Waals surface area contributed by atoms with Gasteiger partial charge in [0, 0.05) is 27.7 Å². The van der Waals surface area contributed by atoms with E-state index in [1.54, 1.807) is 24.3 Å². The van der Waals surface area contributed by atoms with Crippen molar-refractivity contribution in [2.75, 3.05) is 16.4 Å². The van der Waals surface area contributed by atoms with E-state index < -0.39 is 0 Å². The van der Waals surface area contributed by atoms with Gasteiger partial charge in [0.1, 0.15) is 0 Å². The van der Waals surface area contributed by atoms with E-state index in [0.29, 0.717) is 16.9 Å². The maximum atomic E-state index is 12.4. The topological polar surface area (TPSA) is 88.2 Å². The summed E-state index contributed by atoms with van der Waals surface area (Å²) in [4.78, 5) is 40.5. The van der Waals surface area contributed by atoms with Gasteiger partial charge in [-0.05, 0) is 42.6 Å². The SMILES string of the molecule is CC(=O)c1ccc(NC(=O)Cc2csc(SCC(=O)Nc3cccc4ccccc34)n2)cc1. The standard InChI is InChI=1S/C25H21N3O3S2/c1-16(29)17-9-11-19(12-10-17)26-23(30)13-20-14-32-25(27-20)33-15-24(31)28-22-8-4-6-18-5-2-3-7-21(18)22/h2-12,14H,13,15H2,1H3,(H,26,30)(H,28,31). The zero-order valence-corrected chi connectivity index (χ0v) is 19.5. The Kier molecular flexibility index (Phi) is 7.16. The number of thioether (sulfide) groups is 1. The molecule has 0 atom stereocenters. The summed E-state index contributed by atoms with van der Waals surface area (Å²) >= 11 is 2.75. The number of aromatic nitrogens is 1. The number of rotatable bonds is 8. The average Bonchev–Trinajstić information content (AvgIpc) is 3.25. The van der Waals surface area contributed by atoms with E-state index in [0.717, 1.165) is 20.8 Å². The normalized spacial score (nSPS) is 10.7. The van der Waals surface area contributed by atoms with Gasteiger partial charge >= 0.3 is 0 Å². The lowest BCUT2D eigenvalue weighted by Crippen LogP contribution is -2.15. The van der Waals surface area contributed by atoms with Gasteiger partial charge in [0.25, 0.3) is 0 Å². The van der Waals surface area contributed by atoms with E-state index in [1.165, 1.54) is 30.0 Å². The Labute approximate surface area is 199 Å². The third-order valence-electron chi connectivity index (χ3n) is 4.84. The fourth-order valence-electron chi connectivity index (χ4n) is 3.24. The van der Waals surface area contributed by atoms with Crippen molar-refractivity contribution in [1.82, 2.24) is 4.98 Å². The van der Waals surface area contributed by atoms with Crippen LogP contribution in [0.4, 0.5) is 11.4 Å². The Balaban J connectivity index is 1.28. The lowest BCUT2D eigenvalue weighted by molar-refractivity contribution is -0.116. The molecule has 8 heteroatoms. The number of benzene rings is 3. The molecule has 0 aliphatic rings. The first-order valence-electron chi connectivity index (χ1n) is 10.2. The van der Waals surface area contributed by atoms with Crippen LogP contribution in [-0.4, -0.2) is 28.3 Å². The minimum Gasteiger partial charge on any atom is -0.326 e. The first-order valence-corrected chi connectivity index (χ1v) is 12.1. The van der Waals surface area contributed by atoms with Gasteiger partial charge in [-0.1, -0.05) is 48.2 Å². The minimum absolute atomic E-state index is 0.0221. The molecule has 0 radical (unpaired) electrons. The van der Waals surface area contributed by atoms with Gasteiger partial charge in [-0.15, -0.1) is 11.3 Å². The second-order valence-electron chi connectivity index (χ2n) is 7.33. The average molecular weight is 476 g/mol. The summed E-state index contributed by atoms with van der Waals surface area (Å²) in [6.07, 6.45) is 0.133. The van der Waals surface area contributed by atoms with Crippen molar-refractivity contribution in [2.24, 2.45) is 0 Å². The number of nitrogens with zero attached hydrogens (tertiary/aromatic N) is 1. The molecular formula is C25H21N3O3S2. The van der Waals surface area contributed by atoms with Gasteiger partial charge < -0.3 is 10.6 Å². The number of hydrogen-bond acceptors (Lipinski definition) is 6. The molecule has 0 bridgehead atoms. The highest BCUT2D eigenvalue weighted by atomic mass is 32.2. The molecule has 4 aromatic rings. The summed E-state index contributed by atoms with van der Waals surface area (Å²) in [5.41, 5.74) is 2.65. The van der Waals surface area contributed by atoms with Crippen LogP contribution in [0.5, 0.6) is 0 Å². The predicted molar refractivity (Wildman–Crippen MR) is 134 cm³/mol. The molecule has 0 unspecified atom stereocenters. The maximum absolute atomic E-state index is 12.4. The van der Waals surface area contributed by atoms with Crippen LogP contribution in [0.3, 0.4) is 0 Å². The summed E-state index contributed by atoms with van der Waals surface area (Å²) in [5, 5.41) is 9.66. The number of anilines is 2. The molecule has 33 heavy (non-hydrogen) atoms. The third kappa shape index (κ3) is 6.06. The second-order valence-corrected chi connectivity index (χ2v) is 9.41. The van der Waals surface area contributed by atoms with Crippen molar-refractivity contribution in [3.8, 4) is 0 Å². The van der Waals surface area contributed by atoms with Gasteiger partial charge in [0.05, 0.1) is 17.9 Å². The predicted octanol–water partition coefficient (Wildman–Crippen LogP) is 5.41. The van der Waals surface area contributed by atoms with E-state index >= 15 is 0 Å². The summed E-state index contributed by atoms with van der Waals surface area (Å²) < 4.78 is 0.733. The van der Waals surface area contributed by atoms with Crippen molar-refractivity contribution >= 4 is 62.8 Å². The quantitative estimate of drug-likeness (QED) is 0.263. The Hall–Kier alpha value is -3.49. The van der Waals surface area contributed by atoms with Crippen LogP contribution in [0.25, 0.3) is 10.8 Å². The van der Waals surface area contributed by atoms with Crippen molar-refractivity contribution in [3.63, 3.8) is 0 Å². The Morgan fingerprint density at radius 1 is 0.909 bits per heavy atom. The number of amides is 2. The van der Waals surface area contributed by atoms with Crippen LogP contribution in [0, 0.1) is 0 Å². The lowest BCUT2D eigenvalue weighted by Gasteiger charge is -2.08. The zero-order chi connectivity index (χ0) is 23.2. The number of ketones is 1. The number of carbonyl (C=O) groups excluding carboxylic acids is 3. The second kappa shape index (κ2) is 10.4. The molecule has 0 spiro atoms. The number of nitrogens with one attached hydrogen (secondary N) is 2. The molecule has 3 aromatic carbocycles. The molecule has 1 heterocycles. The summed E-state index contributed by atoms with van der Waals surface area (Å²) in [6, 6.07) is 20.5. The van der Waals surface area contributed by atoms with Crippen LogP contribution in [0.15, 0.2) is 76.4 Å². The Bertz CT molecular complexity index is 1310. The van der Waals surface area contributed by atoms with Gasteiger partial charge in [-0.25, -0.2) is 4.98 Å². The molecule has 4 rings (SSSR count). The largest absolute Gasteiger partial charge is 0.326 e. The van der Waals surface area contributed by atoms with Crippen molar-refractivity contribution < 1.29 is 14.4 Å². The van der Waals surface area contributed by atoms with Gasteiger partial charge in [-0.2, -0.15) is 0 Å². The van der Waals surface area contributed by atoms with Crippen molar-refractivity contribution in [1.29, 1.82) is 0 Å². The summed E-state index contributed by atoms with van der Waals surface area (Å²) in [6.45, 7) is 1.50. The molecule has 0 saturated heterocycles. The van der Waals surface area contributed by atoms with Gasteiger partial charge in [-0.3, -0.25) is 14.4 Å². The monoisotopic (exact) mass is 475 g/mol. The van der Waals surface area contributed by atoms with E-state index in [2.05, 4.69) is 15.6 Å². The number of hydrogen-bond donors (Lipinski definition) is 2. The fraction of sp³-hybridized carbons (Fsp3) is 0.120. The molecule has 1 aromatic heterocycles. The number of fused-ring (bicyclic) bond motifs is 1. The highest BCUT2D eigenvalue weighted by Crippen LogP contribution is 2.25. The van der Waals surface area contributed by atoms with Crippen LogP contribution < -0.4 is 10.6 Å². The molecule has 0 saturated carbocycles. The van der Waals surface area contributed by atoms with Gasteiger partial charge in [0.15, 0.2) is 10.1 Å². The first-order chi connectivity index (χ1) is 16.0. The number of thiazole rings is 1. The van der Waals surface area contributed by atoms with E-state index in [1.807, 2.05) is 47.8 Å². The van der Waals surface area contributed by atoms with E-state index in [-0.39, 0.29) is 29.8 Å². The van der Waals surface area contributed by atoms with E-state index in [4.69, 9.17) is 0 Å². The molecule has 166 valence electrons. The van der Waals surface area contributed by atoms with Crippen LogP contribution >= 0.6 is 23.1 Å². The van der Waals surface area contributed by atoms with Crippen LogP contribution in [0.2, 0.25) is 0 Å². The third-order valence-corrected chi connectivity index (χ3v) is 6.91. The minimum atomic E-state index is -0.193. The molecule has 2 amide bonds. The molecule has 0 aliphatic heterocycles. The Morgan fingerprint density at radius 3 is 2.45 bits per heavy atom. The molecular weight excluding hydrogens is 454 g/mol. The van der Waals surface area contributed by atoms with E-state index in [9.17, 15) is 14.4 Å². The molecule has 2 N–H and O–H groups in total. The zero-order valence-electron chi connectivity index (χ0n) is 17.8. The fourth-order valence-corrected chi connectivity index (χ4v) is 4.89. The highest BCUT2D eigenvalue weighted by Gasteiger charge is 2.11. The van der Waals surface area contributed by atoms with Gasteiger partial charge in [0.2, 0.25) is 11.8 Å². The Morgan fingerprint density at radius 2 is 1.67 bits per heavy atom. The maximum Gasteiger partial charge on any atom is 0.234 e. The molecule has 0 aliphatic carbocycles. The number of Topliss-reactive ketones (excluding diaryl/α,β-unsaturated/α-hetero) is 1.